The molecule has 0 fully saturated rings. The third kappa shape index (κ3) is 2.18. The summed E-state index contributed by atoms with van der Waals surface area (Å²) in [6, 6.07) is 3.79. The molecule has 1 aromatic rings. The van der Waals surface area contributed by atoms with Gasteiger partial charge in [0.15, 0.2) is 9.84 Å². The second-order valence-electron chi connectivity index (χ2n) is 5.23. The van der Waals surface area contributed by atoms with E-state index in [0.717, 1.165) is 16.8 Å². The van der Waals surface area contributed by atoms with Crippen LogP contribution < -0.4 is 5.32 Å². The summed E-state index contributed by atoms with van der Waals surface area (Å²) in [5.74, 6) is 0.499. The molecule has 1 aromatic carbocycles. The van der Waals surface area contributed by atoms with Crippen LogP contribution in [0.4, 0.5) is 5.69 Å². The normalized spacial score (nSPS) is 22.1. The van der Waals surface area contributed by atoms with Gasteiger partial charge in [0, 0.05) is 6.04 Å². The largest absolute Gasteiger partial charge is 0.380 e. The van der Waals surface area contributed by atoms with E-state index in [1.165, 1.54) is 0 Å². The number of aryl methyl sites for hydroxylation is 2. The van der Waals surface area contributed by atoms with Crippen molar-refractivity contribution in [3.8, 4) is 0 Å². The van der Waals surface area contributed by atoms with E-state index in [0.29, 0.717) is 10.8 Å². The van der Waals surface area contributed by atoms with E-state index >= 15 is 0 Å². The minimum Gasteiger partial charge on any atom is -0.380 e. The minimum atomic E-state index is -3.14. The van der Waals surface area contributed by atoms with Gasteiger partial charge in [0.1, 0.15) is 0 Å². The summed E-state index contributed by atoms with van der Waals surface area (Å²) in [6.07, 6.45) is 0. The van der Waals surface area contributed by atoms with Crippen molar-refractivity contribution in [3.63, 3.8) is 0 Å². The number of anilines is 1. The van der Waals surface area contributed by atoms with Crippen molar-refractivity contribution in [2.45, 2.75) is 38.6 Å². The Morgan fingerprint density at radius 3 is 2.53 bits per heavy atom. The molecular weight excluding hydrogens is 234 g/mol. The third-order valence-corrected chi connectivity index (χ3v) is 5.10. The highest BCUT2D eigenvalue weighted by Crippen LogP contribution is 2.34. The third-order valence-electron chi connectivity index (χ3n) is 3.31. The van der Waals surface area contributed by atoms with Gasteiger partial charge in [0.25, 0.3) is 0 Å². The molecule has 1 unspecified atom stereocenters. The van der Waals surface area contributed by atoms with Crippen LogP contribution >= 0.6 is 0 Å². The van der Waals surface area contributed by atoms with Crippen LogP contribution in [0.15, 0.2) is 17.0 Å². The van der Waals surface area contributed by atoms with Gasteiger partial charge >= 0.3 is 0 Å². The lowest BCUT2D eigenvalue weighted by Gasteiger charge is -2.31. The molecule has 1 N–H and O–H groups in total. The molecule has 0 aromatic heterocycles. The molecule has 4 heteroatoms. The Kier molecular flexibility index (Phi) is 2.94. The van der Waals surface area contributed by atoms with Crippen molar-refractivity contribution < 1.29 is 8.42 Å². The average Bonchev–Trinajstić information content (AvgIpc) is 2.18. The Morgan fingerprint density at radius 1 is 1.29 bits per heavy atom. The van der Waals surface area contributed by atoms with Crippen molar-refractivity contribution in [1.29, 1.82) is 0 Å². The van der Waals surface area contributed by atoms with Gasteiger partial charge in [-0.15, -0.1) is 0 Å². The predicted molar refractivity (Wildman–Crippen MR) is 70.2 cm³/mol. The van der Waals surface area contributed by atoms with Crippen LogP contribution in [-0.2, 0) is 9.84 Å². The van der Waals surface area contributed by atoms with E-state index in [4.69, 9.17) is 0 Å². The molecule has 0 spiro atoms. The van der Waals surface area contributed by atoms with Crippen molar-refractivity contribution in [2.75, 3.05) is 11.1 Å². The van der Waals surface area contributed by atoms with E-state index in [1.807, 2.05) is 33.8 Å². The second-order valence-corrected chi connectivity index (χ2v) is 7.23. The standard InChI is InChI=1S/C13H19NO2S/c1-8(2)11-7-17(15,16)12-6-9(3)5-10(4)13(12)14-11/h5-6,8,11,14H,7H2,1-4H3. The number of rotatable bonds is 1. The van der Waals surface area contributed by atoms with Crippen molar-refractivity contribution in [1.82, 2.24) is 0 Å². The Labute approximate surface area is 103 Å². The zero-order valence-electron chi connectivity index (χ0n) is 10.7. The van der Waals surface area contributed by atoms with Crippen LogP contribution in [0.5, 0.6) is 0 Å². The molecular formula is C13H19NO2S. The summed E-state index contributed by atoms with van der Waals surface area (Å²) in [7, 11) is -3.14. The lowest BCUT2D eigenvalue weighted by molar-refractivity contribution is 0.531. The molecule has 2 rings (SSSR count). The van der Waals surface area contributed by atoms with Gasteiger partial charge < -0.3 is 5.32 Å². The fourth-order valence-corrected chi connectivity index (χ4v) is 4.29. The molecule has 1 aliphatic heterocycles. The molecule has 0 bridgehead atoms. The molecule has 94 valence electrons. The fraction of sp³-hybridized carbons (Fsp3) is 0.538. The van der Waals surface area contributed by atoms with Gasteiger partial charge in [-0.1, -0.05) is 19.9 Å². The first-order valence-corrected chi connectivity index (χ1v) is 7.57. The van der Waals surface area contributed by atoms with E-state index in [9.17, 15) is 8.42 Å². The highest BCUT2D eigenvalue weighted by atomic mass is 32.2. The summed E-state index contributed by atoms with van der Waals surface area (Å²) in [5, 5.41) is 3.37. The summed E-state index contributed by atoms with van der Waals surface area (Å²) in [4.78, 5) is 0.465. The molecule has 0 amide bonds. The van der Waals surface area contributed by atoms with Gasteiger partial charge in [-0.25, -0.2) is 8.42 Å². The molecule has 0 radical (unpaired) electrons. The second kappa shape index (κ2) is 4.02. The first-order valence-electron chi connectivity index (χ1n) is 5.92. The SMILES string of the molecule is Cc1cc(C)c2c(c1)S(=O)(=O)CC(C(C)C)N2. The lowest BCUT2D eigenvalue weighted by Crippen LogP contribution is -2.38. The van der Waals surface area contributed by atoms with E-state index in [2.05, 4.69) is 5.32 Å². The number of benzene rings is 1. The molecule has 0 saturated heterocycles. The number of hydrogen-bond acceptors (Lipinski definition) is 3. The molecule has 1 atom stereocenters. The van der Waals surface area contributed by atoms with Crippen molar-refractivity contribution >= 4 is 15.5 Å². The smallest absolute Gasteiger partial charge is 0.182 e. The molecule has 1 heterocycles. The van der Waals surface area contributed by atoms with Crippen LogP contribution in [-0.4, -0.2) is 20.2 Å². The van der Waals surface area contributed by atoms with Crippen LogP contribution in [0.3, 0.4) is 0 Å². The van der Waals surface area contributed by atoms with Gasteiger partial charge in [-0.2, -0.15) is 0 Å². The van der Waals surface area contributed by atoms with E-state index in [-0.39, 0.29) is 11.8 Å². The Balaban J connectivity index is 2.61. The molecule has 0 saturated carbocycles. The van der Waals surface area contributed by atoms with Crippen LogP contribution in [0, 0.1) is 19.8 Å². The zero-order valence-corrected chi connectivity index (χ0v) is 11.6. The lowest BCUT2D eigenvalue weighted by atomic mass is 10.0. The molecule has 1 aliphatic rings. The van der Waals surface area contributed by atoms with Gasteiger partial charge in [0.05, 0.1) is 16.3 Å². The maximum atomic E-state index is 12.3. The highest BCUT2D eigenvalue weighted by Gasteiger charge is 2.32. The number of nitrogens with one attached hydrogen (secondary N) is 1. The van der Waals surface area contributed by atoms with Crippen molar-refractivity contribution in [3.05, 3.63) is 23.3 Å². The number of sulfone groups is 1. The predicted octanol–water partition coefficient (Wildman–Crippen LogP) is 2.53. The van der Waals surface area contributed by atoms with Gasteiger partial charge in [-0.3, -0.25) is 0 Å². The molecule has 0 aliphatic carbocycles. The van der Waals surface area contributed by atoms with Gasteiger partial charge in [0.2, 0.25) is 0 Å². The maximum absolute atomic E-state index is 12.3. The Bertz CT molecular complexity index is 547. The quantitative estimate of drug-likeness (QED) is 0.836. The number of hydrogen-bond donors (Lipinski definition) is 1. The Morgan fingerprint density at radius 2 is 1.94 bits per heavy atom. The minimum absolute atomic E-state index is 0.00825. The first kappa shape index (κ1) is 12.4. The van der Waals surface area contributed by atoms with Gasteiger partial charge in [-0.05, 0) is 37.0 Å². The highest BCUT2D eigenvalue weighted by molar-refractivity contribution is 7.91. The number of fused-ring (bicyclic) bond motifs is 1. The summed E-state index contributed by atoms with van der Waals surface area (Å²) in [5.41, 5.74) is 2.80. The van der Waals surface area contributed by atoms with E-state index in [1.54, 1.807) is 6.07 Å². The zero-order chi connectivity index (χ0) is 12.8. The fourth-order valence-electron chi connectivity index (χ4n) is 2.27. The van der Waals surface area contributed by atoms with Crippen LogP contribution in [0.1, 0.15) is 25.0 Å². The van der Waals surface area contributed by atoms with Crippen molar-refractivity contribution in [2.24, 2.45) is 5.92 Å². The van der Waals surface area contributed by atoms with E-state index < -0.39 is 9.84 Å². The first-order chi connectivity index (χ1) is 7.81. The van der Waals surface area contributed by atoms with Crippen LogP contribution in [0.2, 0.25) is 0 Å². The topological polar surface area (TPSA) is 46.2 Å². The molecule has 17 heavy (non-hydrogen) atoms. The van der Waals surface area contributed by atoms with Crippen LogP contribution in [0.25, 0.3) is 0 Å². The maximum Gasteiger partial charge on any atom is 0.182 e. The summed E-state index contributed by atoms with van der Waals surface area (Å²) >= 11 is 0. The molecule has 3 nitrogen and oxygen atoms in total. The summed E-state index contributed by atoms with van der Waals surface area (Å²) < 4.78 is 24.5. The summed E-state index contributed by atoms with van der Waals surface area (Å²) in [6.45, 7) is 7.97. The Hall–Kier alpha value is -1.03. The monoisotopic (exact) mass is 253 g/mol. The average molecular weight is 253 g/mol.